The number of hydrogen-bond donors (Lipinski definition) is 1. The highest BCUT2D eigenvalue weighted by Gasteiger charge is 2.91. The molecule has 6 saturated carbocycles. The summed E-state index contributed by atoms with van der Waals surface area (Å²) in [6.45, 7) is 7.93. The SMILES string of the molecule is CC1(C)C23C[C@H]4OB([C@H](Cc5ccccc5)NC(=O)OC[C@H]5CCCN5C=O)O[C@@]4(C)C1(C2)C3. The number of amides is 2. The van der Waals surface area contributed by atoms with Crippen molar-refractivity contribution in [2.45, 2.75) is 83.0 Å². The van der Waals surface area contributed by atoms with E-state index in [2.05, 4.69) is 38.2 Å². The maximum atomic E-state index is 12.8. The zero-order chi connectivity index (χ0) is 23.8. The van der Waals surface area contributed by atoms with Crippen LogP contribution in [-0.2, 0) is 25.3 Å². The Morgan fingerprint density at radius 3 is 2.76 bits per heavy atom. The minimum absolute atomic E-state index is 0.0456. The maximum Gasteiger partial charge on any atom is 0.482 e. The van der Waals surface area contributed by atoms with Crippen LogP contribution in [0.2, 0.25) is 0 Å². The summed E-state index contributed by atoms with van der Waals surface area (Å²) in [6.07, 6.45) is 6.28. The van der Waals surface area contributed by atoms with Crippen molar-refractivity contribution in [1.82, 2.24) is 10.2 Å². The molecule has 8 heteroatoms. The molecule has 4 atom stereocenters. The summed E-state index contributed by atoms with van der Waals surface area (Å²) in [7, 11) is -0.525. The number of hydrogen-bond acceptors (Lipinski definition) is 5. The van der Waals surface area contributed by atoms with Gasteiger partial charge in [0.1, 0.15) is 6.61 Å². The summed E-state index contributed by atoms with van der Waals surface area (Å²) in [5.41, 5.74) is 1.60. The van der Waals surface area contributed by atoms with Crippen molar-refractivity contribution in [3.05, 3.63) is 35.9 Å². The lowest BCUT2D eigenvalue weighted by atomic mass is 9.15. The first-order valence-electron chi connectivity index (χ1n) is 12.8. The molecular formula is C26H35BN2O5. The first kappa shape index (κ1) is 22.4. The molecule has 34 heavy (non-hydrogen) atoms. The smallest absolute Gasteiger partial charge is 0.447 e. The van der Waals surface area contributed by atoms with Crippen LogP contribution in [0, 0.1) is 16.2 Å². The molecule has 9 rings (SSSR count). The molecule has 2 saturated heterocycles. The van der Waals surface area contributed by atoms with Gasteiger partial charge in [0.25, 0.3) is 0 Å². The highest BCUT2D eigenvalue weighted by molar-refractivity contribution is 6.48. The van der Waals surface area contributed by atoms with Gasteiger partial charge < -0.3 is 24.3 Å². The van der Waals surface area contributed by atoms with Crippen LogP contribution in [0.5, 0.6) is 0 Å². The molecule has 2 bridgehead atoms. The summed E-state index contributed by atoms with van der Waals surface area (Å²) in [6, 6.07) is 10.1. The lowest BCUT2D eigenvalue weighted by Crippen LogP contribution is -2.88. The molecule has 6 aliphatic carbocycles. The van der Waals surface area contributed by atoms with E-state index in [4.69, 9.17) is 14.0 Å². The van der Waals surface area contributed by atoms with Crippen molar-refractivity contribution in [3.8, 4) is 0 Å². The second-order valence-electron chi connectivity index (χ2n) is 11.9. The highest BCUT2D eigenvalue weighted by Crippen LogP contribution is 2.92. The third-order valence-corrected chi connectivity index (χ3v) is 10.5. The van der Waals surface area contributed by atoms with Gasteiger partial charge in [-0.3, -0.25) is 4.79 Å². The first-order chi connectivity index (χ1) is 16.2. The fraction of sp³-hybridized carbons (Fsp3) is 0.692. The van der Waals surface area contributed by atoms with Gasteiger partial charge in [0.15, 0.2) is 0 Å². The molecule has 2 heterocycles. The van der Waals surface area contributed by atoms with Gasteiger partial charge in [0, 0.05) is 12.0 Å². The van der Waals surface area contributed by atoms with Crippen LogP contribution in [0.4, 0.5) is 4.79 Å². The van der Waals surface area contributed by atoms with Crippen LogP contribution in [-0.4, -0.2) is 61.4 Å². The summed E-state index contributed by atoms with van der Waals surface area (Å²) in [5, 5.41) is 3.05. The number of alkyl carbamates (subject to hydrolysis) is 1. The molecule has 1 aromatic carbocycles. The lowest BCUT2D eigenvalue weighted by molar-refractivity contribution is -0.434. The van der Waals surface area contributed by atoms with Crippen molar-refractivity contribution in [3.63, 3.8) is 0 Å². The molecule has 182 valence electrons. The predicted octanol–water partition coefficient (Wildman–Crippen LogP) is 3.36. The lowest BCUT2D eigenvalue weighted by Gasteiger charge is -2.90. The average molecular weight is 466 g/mol. The van der Waals surface area contributed by atoms with Gasteiger partial charge in [0.2, 0.25) is 6.41 Å². The Morgan fingerprint density at radius 1 is 1.29 bits per heavy atom. The van der Waals surface area contributed by atoms with E-state index >= 15 is 0 Å². The Hall–Kier alpha value is -2.06. The number of carbonyl (C=O) groups is 2. The fourth-order valence-corrected chi connectivity index (χ4v) is 8.11. The zero-order valence-corrected chi connectivity index (χ0v) is 20.4. The van der Waals surface area contributed by atoms with Gasteiger partial charge in [0.05, 0.1) is 23.7 Å². The van der Waals surface area contributed by atoms with E-state index in [1.54, 1.807) is 4.90 Å². The monoisotopic (exact) mass is 466 g/mol. The Bertz CT molecular complexity index is 981. The summed E-state index contributed by atoms with van der Waals surface area (Å²) in [4.78, 5) is 25.8. The van der Waals surface area contributed by atoms with E-state index in [0.717, 1.165) is 37.8 Å². The molecule has 8 fully saturated rings. The van der Waals surface area contributed by atoms with Crippen molar-refractivity contribution in [2.75, 3.05) is 13.2 Å². The van der Waals surface area contributed by atoms with Crippen LogP contribution in [0.3, 0.4) is 0 Å². The summed E-state index contributed by atoms with van der Waals surface area (Å²) in [5.74, 6) is -0.366. The van der Waals surface area contributed by atoms with E-state index in [0.29, 0.717) is 11.8 Å². The van der Waals surface area contributed by atoms with E-state index in [9.17, 15) is 9.59 Å². The normalized spacial score (nSPS) is 39.5. The fourth-order valence-electron chi connectivity index (χ4n) is 8.11. The molecule has 2 amide bonds. The minimum atomic E-state index is -0.525. The Balaban J connectivity index is 1.17. The third-order valence-electron chi connectivity index (χ3n) is 10.5. The third kappa shape index (κ3) is 2.84. The van der Waals surface area contributed by atoms with Crippen LogP contribution in [0.25, 0.3) is 0 Å². The van der Waals surface area contributed by atoms with Crippen molar-refractivity contribution in [2.24, 2.45) is 16.2 Å². The van der Waals surface area contributed by atoms with Gasteiger partial charge in [-0.1, -0.05) is 44.2 Å². The standard InChI is InChI=1S/C26H35BN2O5/c1-23(2)25-13-20-24(3,26(23,15-25)16-25)34-27(33-20)21(12-18-8-5-4-6-9-18)28-22(31)32-14-19-10-7-11-29(19)17-30/h4-6,8-9,17,19-21H,7,10-16H2,1-3H3,(H,28,31)/t19-,20-,21+,24-,25?,26?/m1/s1. The van der Waals surface area contributed by atoms with E-state index < -0.39 is 13.2 Å². The number of rotatable bonds is 7. The molecule has 0 unspecified atom stereocenters. The number of nitrogens with zero attached hydrogens (tertiary/aromatic N) is 1. The second-order valence-corrected chi connectivity index (χ2v) is 11.9. The summed E-state index contributed by atoms with van der Waals surface area (Å²) < 4.78 is 18.9. The van der Waals surface area contributed by atoms with E-state index in [1.165, 1.54) is 12.8 Å². The summed E-state index contributed by atoms with van der Waals surface area (Å²) >= 11 is 0. The predicted molar refractivity (Wildman–Crippen MR) is 127 cm³/mol. The average Bonchev–Trinajstić information content (AvgIpc) is 3.40. The zero-order valence-electron chi connectivity index (χ0n) is 20.4. The topological polar surface area (TPSA) is 77.1 Å². The first-order valence-corrected chi connectivity index (χ1v) is 12.8. The molecule has 1 N–H and O–H groups in total. The number of likely N-dealkylation sites (tertiary alicyclic amines) is 1. The van der Waals surface area contributed by atoms with E-state index in [-0.39, 0.29) is 41.1 Å². The molecule has 7 nitrogen and oxygen atoms in total. The second kappa shape index (κ2) is 7.47. The minimum Gasteiger partial charge on any atom is -0.447 e. The van der Waals surface area contributed by atoms with Crippen molar-refractivity contribution in [1.29, 1.82) is 0 Å². The van der Waals surface area contributed by atoms with E-state index in [1.807, 2.05) is 18.2 Å². The molecular weight excluding hydrogens is 431 g/mol. The van der Waals surface area contributed by atoms with Crippen LogP contribution >= 0.6 is 0 Å². The molecule has 0 radical (unpaired) electrons. The van der Waals surface area contributed by atoms with Gasteiger partial charge in [-0.2, -0.15) is 0 Å². The van der Waals surface area contributed by atoms with Crippen LogP contribution in [0.15, 0.2) is 30.3 Å². The molecule has 0 aromatic heterocycles. The molecule has 8 aliphatic rings. The quantitative estimate of drug-likeness (QED) is 0.493. The van der Waals surface area contributed by atoms with Crippen molar-refractivity contribution >= 4 is 19.6 Å². The number of nitrogens with one attached hydrogen (secondary N) is 1. The highest BCUT2D eigenvalue weighted by atomic mass is 16.7. The Kier molecular flexibility index (Phi) is 4.92. The molecule has 0 spiro atoms. The number of benzene rings is 1. The number of ether oxygens (including phenoxy) is 1. The van der Waals surface area contributed by atoms with Crippen LogP contribution < -0.4 is 5.32 Å². The Morgan fingerprint density at radius 2 is 2.06 bits per heavy atom. The van der Waals surface area contributed by atoms with Gasteiger partial charge in [-0.15, -0.1) is 0 Å². The molecule has 2 aliphatic heterocycles. The largest absolute Gasteiger partial charge is 0.482 e. The van der Waals surface area contributed by atoms with Crippen LogP contribution in [0.1, 0.15) is 58.4 Å². The van der Waals surface area contributed by atoms with Crippen molar-refractivity contribution < 1.29 is 23.6 Å². The van der Waals surface area contributed by atoms with Gasteiger partial charge >= 0.3 is 13.2 Å². The molecule has 1 aromatic rings. The van der Waals surface area contributed by atoms with Gasteiger partial charge in [-0.05, 0) is 61.8 Å². The van der Waals surface area contributed by atoms with Gasteiger partial charge in [-0.25, -0.2) is 4.79 Å². The number of carbonyl (C=O) groups excluding carboxylic acids is 2. The maximum absolute atomic E-state index is 12.8. The Labute approximate surface area is 202 Å².